The number of nitrogens with zero attached hydrogens (tertiary/aromatic N) is 2. The zero-order valence-corrected chi connectivity index (χ0v) is 19.4. The van der Waals surface area contributed by atoms with Crippen molar-refractivity contribution in [3.05, 3.63) is 81.1 Å². The van der Waals surface area contributed by atoms with Crippen molar-refractivity contribution >= 4 is 23.4 Å². The summed E-state index contributed by atoms with van der Waals surface area (Å²) >= 11 is 6.03. The largest absolute Gasteiger partial charge is 0.489 e. The van der Waals surface area contributed by atoms with E-state index in [1.165, 1.54) is 0 Å². The molecule has 0 fully saturated rings. The predicted octanol–water partition coefficient (Wildman–Crippen LogP) is 3.97. The molecule has 0 spiro atoms. The van der Waals surface area contributed by atoms with Crippen LogP contribution >= 0.6 is 11.6 Å². The highest BCUT2D eigenvalue weighted by atomic mass is 35.5. The summed E-state index contributed by atoms with van der Waals surface area (Å²) in [5.74, 6) is 0.0882. The fourth-order valence-electron chi connectivity index (χ4n) is 3.30. The van der Waals surface area contributed by atoms with E-state index in [0.29, 0.717) is 23.6 Å². The van der Waals surface area contributed by atoms with E-state index in [-0.39, 0.29) is 18.2 Å². The molecule has 0 unspecified atom stereocenters. The van der Waals surface area contributed by atoms with E-state index >= 15 is 0 Å². The van der Waals surface area contributed by atoms with Crippen LogP contribution in [0.2, 0.25) is 5.02 Å². The lowest BCUT2D eigenvalue weighted by Gasteiger charge is -2.10. The van der Waals surface area contributed by atoms with Gasteiger partial charge in [0.05, 0.1) is 5.69 Å². The van der Waals surface area contributed by atoms with Crippen LogP contribution in [0.3, 0.4) is 0 Å². The Hall–Kier alpha value is -3.32. The van der Waals surface area contributed by atoms with Gasteiger partial charge in [-0.15, -0.1) is 0 Å². The van der Waals surface area contributed by atoms with E-state index in [1.54, 1.807) is 22.9 Å². The molecule has 0 saturated carbocycles. The third-order valence-electron chi connectivity index (χ3n) is 5.33. The number of benzene rings is 2. The van der Waals surface area contributed by atoms with E-state index in [2.05, 4.69) is 16.0 Å². The average Bonchev–Trinajstić information content (AvgIpc) is 3.02. The number of rotatable bonds is 7. The van der Waals surface area contributed by atoms with Gasteiger partial charge in [0.1, 0.15) is 12.4 Å². The van der Waals surface area contributed by atoms with Crippen molar-refractivity contribution in [2.75, 3.05) is 0 Å². The molecular formula is C24H27ClN4O3. The SMILES string of the molecule is Cc1cc(OCc2ccc(C(=O)NNC(=O)CCc3c(C)nn(C)c3C)cc2)ccc1Cl. The summed E-state index contributed by atoms with van der Waals surface area (Å²) in [5, 5.41) is 5.04. The Morgan fingerprint density at radius 1 is 1.06 bits per heavy atom. The van der Waals surface area contributed by atoms with Crippen LogP contribution in [0.4, 0.5) is 0 Å². The van der Waals surface area contributed by atoms with Crippen molar-refractivity contribution in [2.45, 2.75) is 40.2 Å². The maximum Gasteiger partial charge on any atom is 0.269 e. The van der Waals surface area contributed by atoms with Gasteiger partial charge in [0.15, 0.2) is 0 Å². The number of halogens is 1. The highest BCUT2D eigenvalue weighted by Crippen LogP contribution is 2.22. The van der Waals surface area contributed by atoms with E-state index in [4.69, 9.17) is 16.3 Å². The normalized spacial score (nSPS) is 10.7. The average molecular weight is 455 g/mol. The van der Waals surface area contributed by atoms with Gasteiger partial charge in [-0.1, -0.05) is 23.7 Å². The molecule has 0 aliphatic heterocycles. The standard InChI is InChI=1S/C24H27ClN4O3/c1-15-13-20(9-11-22(15)25)32-14-18-5-7-19(8-6-18)24(31)27-26-23(30)12-10-21-16(2)28-29(4)17(21)3/h5-9,11,13H,10,12,14H2,1-4H3,(H,26,30)(H,27,31). The number of ether oxygens (including phenoxy) is 1. The van der Waals surface area contributed by atoms with Gasteiger partial charge in [0, 0.05) is 29.7 Å². The first-order valence-corrected chi connectivity index (χ1v) is 10.7. The lowest BCUT2D eigenvalue weighted by Crippen LogP contribution is -2.41. The Kier molecular flexibility index (Phi) is 7.53. The summed E-state index contributed by atoms with van der Waals surface area (Å²) in [5.41, 5.74) is 10.2. The van der Waals surface area contributed by atoms with Crippen LogP contribution in [-0.2, 0) is 24.9 Å². The van der Waals surface area contributed by atoms with Crippen LogP contribution in [0.25, 0.3) is 0 Å². The van der Waals surface area contributed by atoms with Gasteiger partial charge in [0.25, 0.3) is 5.91 Å². The Morgan fingerprint density at radius 3 is 2.41 bits per heavy atom. The molecule has 2 N–H and O–H groups in total. The molecule has 1 aromatic heterocycles. The molecule has 0 saturated heterocycles. The molecule has 8 heteroatoms. The number of hydrazine groups is 1. The summed E-state index contributed by atoms with van der Waals surface area (Å²) in [6, 6.07) is 12.5. The number of nitrogens with one attached hydrogen (secondary N) is 2. The lowest BCUT2D eigenvalue weighted by atomic mass is 10.1. The minimum Gasteiger partial charge on any atom is -0.489 e. The molecule has 0 radical (unpaired) electrons. The molecule has 168 valence electrons. The first-order valence-electron chi connectivity index (χ1n) is 10.3. The summed E-state index contributed by atoms with van der Waals surface area (Å²) in [6.45, 7) is 6.18. The Bertz CT molecular complexity index is 1120. The minimum absolute atomic E-state index is 0.258. The summed E-state index contributed by atoms with van der Waals surface area (Å²) in [6.07, 6.45) is 0.823. The van der Waals surface area contributed by atoms with Crippen LogP contribution in [0.5, 0.6) is 5.75 Å². The molecule has 2 aromatic carbocycles. The fraction of sp³-hybridized carbons (Fsp3) is 0.292. The molecule has 0 atom stereocenters. The number of hydrogen-bond acceptors (Lipinski definition) is 4. The topological polar surface area (TPSA) is 85.2 Å². The minimum atomic E-state index is -0.382. The van der Waals surface area contributed by atoms with Crippen molar-refractivity contribution in [2.24, 2.45) is 7.05 Å². The molecular weight excluding hydrogens is 428 g/mol. The molecule has 3 rings (SSSR count). The van der Waals surface area contributed by atoms with Crippen LogP contribution in [-0.4, -0.2) is 21.6 Å². The molecule has 0 aliphatic carbocycles. The zero-order chi connectivity index (χ0) is 23.3. The molecule has 32 heavy (non-hydrogen) atoms. The van der Waals surface area contributed by atoms with Crippen molar-refractivity contribution < 1.29 is 14.3 Å². The summed E-state index contributed by atoms with van der Waals surface area (Å²) in [4.78, 5) is 24.4. The van der Waals surface area contributed by atoms with Gasteiger partial charge in [0.2, 0.25) is 5.91 Å². The Labute approximate surface area is 192 Å². The monoisotopic (exact) mass is 454 g/mol. The second-order valence-electron chi connectivity index (χ2n) is 7.67. The van der Waals surface area contributed by atoms with Gasteiger partial charge in [-0.2, -0.15) is 5.10 Å². The molecule has 7 nitrogen and oxygen atoms in total. The second-order valence-corrected chi connectivity index (χ2v) is 8.08. The lowest BCUT2D eigenvalue weighted by molar-refractivity contribution is -0.121. The van der Waals surface area contributed by atoms with Crippen molar-refractivity contribution in [1.29, 1.82) is 0 Å². The molecule has 0 bridgehead atoms. The first kappa shape index (κ1) is 23.3. The number of aryl methyl sites for hydroxylation is 3. The van der Waals surface area contributed by atoms with Gasteiger partial charge < -0.3 is 4.74 Å². The van der Waals surface area contributed by atoms with Gasteiger partial charge in [-0.3, -0.25) is 25.1 Å². The van der Waals surface area contributed by atoms with Crippen molar-refractivity contribution in [1.82, 2.24) is 20.6 Å². The highest BCUT2D eigenvalue weighted by Gasteiger charge is 2.12. The second kappa shape index (κ2) is 10.3. The third-order valence-corrected chi connectivity index (χ3v) is 5.75. The maximum atomic E-state index is 12.3. The highest BCUT2D eigenvalue weighted by molar-refractivity contribution is 6.31. The summed E-state index contributed by atoms with van der Waals surface area (Å²) < 4.78 is 7.57. The number of hydrogen-bond donors (Lipinski definition) is 2. The van der Waals surface area contributed by atoms with Crippen LogP contribution in [0.1, 0.15) is 44.9 Å². The van der Waals surface area contributed by atoms with E-state index in [0.717, 1.165) is 33.8 Å². The number of carbonyl (C=O) groups excluding carboxylic acids is 2. The van der Waals surface area contributed by atoms with E-state index < -0.39 is 0 Å². The van der Waals surface area contributed by atoms with Gasteiger partial charge >= 0.3 is 0 Å². The molecule has 1 heterocycles. The summed E-state index contributed by atoms with van der Waals surface area (Å²) in [7, 11) is 1.88. The first-order chi connectivity index (χ1) is 15.2. The zero-order valence-electron chi connectivity index (χ0n) is 18.7. The van der Waals surface area contributed by atoms with Crippen LogP contribution in [0.15, 0.2) is 42.5 Å². The fourth-order valence-corrected chi connectivity index (χ4v) is 3.42. The van der Waals surface area contributed by atoms with E-state index in [1.807, 2.05) is 52.1 Å². The number of carbonyl (C=O) groups is 2. The molecule has 0 aliphatic rings. The van der Waals surface area contributed by atoms with Crippen molar-refractivity contribution in [3.63, 3.8) is 0 Å². The Morgan fingerprint density at radius 2 is 1.78 bits per heavy atom. The quantitative estimate of drug-likeness (QED) is 0.529. The van der Waals surface area contributed by atoms with Crippen molar-refractivity contribution in [3.8, 4) is 5.75 Å². The van der Waals surface area contributed by atoms with Gasteiger partial charge in [-0.25, -0.2) is 0 Å². The van der Waals surface area contributed by atoms with E-state index in [9.17, 15) is 9.59 Å². The third kappa shape index (κ3) is 5.88. The Balaban J connectivity index is 1.45. The smallest absolute Gasteiger partial charge is 0.269 e. The van der Waals surface area contributed by atoms with Crippen LogP contribution < -0.4 is 15.6 Å². The predicted molar refractivity (Wildman–Crippen MR) is 124 cm³/mol. The number of amides is 2. The number of aromatic nitrogens is 2. The van der Waals surface area contributed by atoms with Gasteiger partial charge in [-0.05, 0) is 74.2 Å². The molecule has 2 amide bonds. The van der Waals surface area contributed by atoms with Crippen LogP contribution in [0, 0.1) is 20.8 Å². The maximum absolute atomic E-state index is 12.3. The molecule has 3 aromatic rings.